The molecule has 1 N–H and O–H groups in total. The van der Waals surface area contributed by atoms with Crippen molar-refractivity contribution in [1.29, 1.82) is 0 Å². The average molecular weight is 413 g/mol. The Morgan fingerprint density at radius 1 is 0.871 bits per heavy atom. The molecule has 0 heterocycles. The summed E-state index contributed by atoms with van der Waals surface area (Å²) < 4.78 is 10.7. The fraction of sp³-hybridized carbons (Fsp3) is 0.154. The maximum absolute atomic E-state index is 12.6. The van der Waals surface area contributed by atoms with Crippen molar-refractivity contribution < 1.29 is 19.1 Å². The number of rotatable bonds is 7. The third kappa shape index (κ3) is 4.36. The van der Waals surface area contributed by atoms with E-state index >= 15 is 0 Å². The number of esters is 1. The van der Waals surface area contributed by atoms with E-state index in [4.69, 9.17) is 9.47 Å². The van der Waals surface area contributed by atoms with Crippen LogP contribution in [0.3, 0.4) is 0 Å². The molecule has 0 saturated heterocycles. The van der Waals surface area contributed by atoms with Gasteiger partial charge in [-0.2, -0.15) is 0 Å². The fourth-order valence-electron chi connectivity index (χ4n) is 3.91. The van der Waals surface area contributed by atoms with Crippen LogP contribution >= 0.6 is 0 Å². The minimum Gasteiger partial charge on any atom is -0.460 e. The molecule has 5 nitrogen and oxygen atoms in total. The molecule has 3 aromatic rings. The minimum absolute atomic E-state index is 0.0546. The van der Waals surface area contributed by atoms with Gasteiger partial charge in [-0.15, -0.1) is 0 Å². The Kier molecular flexibility index (Phi) is 6.13. The first-order valence-corrected chi connectivity index (χ1v) is 10.1. The molecule has 0 unspecified atom stereocenters. The highest BCUT2D eigenvalue weighted by Crippen LogP contribution is 2.44. The Morgan fingerprint density at radius 3 is 2.06 bits per heavy atom. The molecule has 156 valence electrons. The van der Waals surface area contributed by atoms with Crippen molar-refractivity contribution in [3.63, 3.8) is 0 Å². The molecule has 0 aromatic heterocycles. The van der Waals surface area contributed by atoms with Gasteiger partial charge in [-0.05, 0) is 27.8 Å². The van der Waals surface area contributed by atoms with E-state index in [0.29, 0.717) is 5.56 Å². The van der Waals surface area contributed by atoms with Crippen molar-refractivity contribution in [1.82, 2.24) is 5.32 Å². The SMILES string of the molecule is C=CCOC(=O)[C@H](NC(=O)OCC1c2ccccc2-c2ccccc21)c1ccccc1. The van der Waals surface area contributed by atoms with Gasteiger partial charge in [0.25, 0.3) is 0 Å². The first kappa shape index (κ1) is 20.4. The third-order valence-corrected chi connectivity index (χ3v) is 5.32. The Hall–Kier alpha value is -3.86. The number of amides is 1. The zero-order chi connectivity index (χ0) is 21.6. The quantitative estimate of drug-likeness (QED) is 0.438. The molecule has 3 aromatic carbocycles. The summed E-state index contributed by atoms with van der Waals surface area (Å²) >= 11 is 0. The minimum atomic E-state index is -0.961. The first-order chi connectivity index (χ1) is 15.2. The van der Waals surface area contributed by atoms with E-state index < -0.39 is 18.1 Å². The Bertz CT molecular complexity index is 1050. The van der Waals surface area contributed by atoms with E-state index in [-0.39, 0.29) is 19.1 Å². The maximum atomic E-state index is 12.6. The molecule has 0 fully saturated rings. The zero-order valence-corrected chi connectivity index (χ0v) is 17.0. The van der Waals surface area contributed by atoms with Gasteiger partial charge in [-0.25, -0.2) is 9.59 Å². The molecular weight excluding hydrogens is 390 g/mol. The van der Waals surface area contributed by atoms with E-state index in [9.17, 15) is 9.59 Å². The highest BCUT2D eigenvalue weighted by Gasteiger charge is 2.30. The van der Waals surface area contributed by atoms with Gasteiger partial charge < -0.3 is 14.8 Å². The van der Waals surface area contributed by atoms with Gasteiger partial charge in [-0.1, -0.05) is 91.5 Å². The molecule has 0 saturated carbocycles. The monoisotopic (exact) mass is 413 g/mol. The lowest BCUT2D eigenvalue weighted by Crippen LogP contribution is -2.36. The van der Waals surface area contributed by atoms with Crippen molar-refractivity contribution in [2.75, 3.05) is 13.2 Å². The maximum Gasteiger partial charge on any atom is 0.408 e. The van der Waals surface area contributed by atoms with Crippen LogP contribution in [0.1, 0.15) is 28.7 Å². The third-order valence-electron chi connectivity index (χ3n) is 5.32. The summed E-state index contributed by atoms with van der Waals surface area (Å²) in [6.45, 7) is 3.78. The molecule has 5 heteroatoms. The Labute approximate surface area is 181 Å². The summed E-state index contributed by atoms with van der Waals surface area (Å²) in [5, 5.41) is 2.64. The van der Waals surface area contributed by atoms with Crippen LogP contribution in [0.5, 0.6) is 0 Å². The van der Waals surface area contributed by atoms with Gasteiger partial charge in [0.2, 0.25) is 0 Å². The van der Waals surface area contributed by atoms with Gasteiger partial charge in [0.05, 0.1) is 0 Å². The normalized spacial score (nSPS) is 12.9. The molecule has 31 heavy (non-hydrogen) atoms. The van der Waals surface area contributed by atoms with Crippen LogP contribution < -0.4 is 5.32 Å². The second-order valence-electron chi connectivity index (χ2n) is 7.23. The number of carbonyl (C=O) groups excluding carboxylic acids is 2. The zero-order valence-electron chi connectivity index (χ0n) is 17.0. The van der Waals surface area contributed by atoms with E-state index in [1.54, 1.807) is 24.3 Å². The number of hydrogen-bond donors (Lipinski definition) is 1. The Balaban J connectivity index is 1.48. The molecule has 4 rings (SSSR count). The predicted octanol–water partition coefficient (Wildman–Crippen LogP) is 5.00. The number of carbonyl (C=O) groups is 2. The smallest absolute Gasteiger partial charge is 0.408 e. The number of hydrogen-bond acceptors (Lipinski definition) is 4. The highest BCUT2D eigenvalue weighted by molar-refractivity contribution is 5.83. The van der Waals surface area contributed by atoms with Crippen molar-refractivity contribution in [3.8, 4) is 11.1 Å². The van der Waals surface area contributed by atoms with Crippen molar-refractivity contribution in [2.24, 2.45) is 0 Å². The summed E-state index contributed by atoms with van der Waals surface area (Å²) in [7, 11) is 0. The Morgan fingerprint density at radius 2 is 1.45 bits per heavy atom. The number of alkyl carbamates (subject to hydrolysis) is 1. The standard InChI is InChI=1S/C26H23NO4/c1-2-16-30-25(28)24(18-10-4-3-5-11-18)27-26(29)31-17-23-21-14-8-6-12-19(21)20-13-7-9-15-22(20)23/h2-15,23-24H,1,16-17H2,(H,27,29)/t24-/m1/s1. The largest absolute Gasteiger partial charge is 0.460 e. The molecule has 1 aliphatic carbocycles. The summed E-state index contributed by atoms with van der Waals surface area (Å²) in [4.78, 5) is 25.1. The summed E-state index contributed by atoms with van der Waals surface area (Å²) in [5.41, 5.74) is 5.18. The number of ether oxygens (including phenoxy) is 2. The predicted molar refractivity (Wildman–Crippen MR) is 119 cm³/mol. The summed E-state index contributed by atoms with van der Waals surface area (Å²) in [5.74, 6) is -0.624. The van der Waals surface area contributed by atoms with Crippen molar-refractivity contribution >= 4 is 12.1 Å². The van der Waals surface area contributed by atoms with Crippen LogP contribution in [0.25, 0.3) is 11.1 Å². The van der Waals surface area contributed by atoms with Crippen LogP contribution in [0.2, 0.25) is 0 Å². The van der Waals surface area contributed by atoms with Gasteiger partial charge in [0.1, 0.15) is 13.2 Å². The molecule has 0 spiro atoms. The number of fused-ring (bicyclic) bond motifs is 3. The average Bonchev–Trinajstić information content (AvgIpc) is 3.14. The van der Waals surface area contributed by atoms with E-state index in [0.717, 1.165) is 22.3 Å². The highest BCUT2D eigenvalue weighted by atomic mass is 16.6. The summed E-state index contributed by atoms with van der Waals surface area (Å²) in [6, 6.07) is 24.2. The molecule has 1 amide bonds. The summed E-state index contributed by atoms with van der Waals surface area (Å²) in [6.07, 6.45) is 0.805. The molecular formula is C26H23NO4. The van der Waals surface area contributed by atoms with E-state index in [2.05, 4.69) is 36.2 Å². The lowest BCUT2D eigenvalue weighted by atomic mass is 9.98. The van der Waals surface area contributed by atoms with Crippen LogP contribution in [-0.4, -0.2) is 25.3 Å². The van der Waals surface area contributed by atoms with Crippen molar-refractivity contribution in [2.45, 2.75) is 12.0 Å². The molecule has 0 bridgehead atoms. The number of nitrogens with one attached hydrogen (secondary N) is 1. The second-order valence-corrected chi connectivity index (χ2v) is 7.23. The fourth-order valence-corrected chi connectivity index (χ4v) is 3.91. The second kappa shape index (κ2) is 9.30. The first-order valence-electron chi connectivity index (χ1n) is 10.1. The van der Waals surface area contributed by atoms with Gasteiger partial charge in [0.15, 0.2) is 6.04 Å². The molecule has 1 aliphatic rings. The van der Waals surface area contributed by atoms with E-state index in [1.165, 1.54) is 6.08 Å². The topological polar surface area (TPSA) is 64.6 Å². The van der Waals surface area contributed by atoms with Crippen LogP contribution in [0, 0.1) is 0 Å². The van der Waals surface area contributed by atoms with Gasteiger partial charge >= 0.3 is 12.1 Å². The molecule has 0 radical (unpaired) electrons. The number of benzene rings is 3. The van der Waals surface area contributed by atoms with Crippen LogP contribution in [-0.2, 0) is 14.3 Å². The van der Waals surface area contributed by atoms with Gasteiger partial charge in [0, 0.05) is 5.92 Å². The van der Waals surface area contributed by atoms with Crippen molar-refractivity contribution in [3.05, 3.63) is 108 Å². The van der Waals surface area contributed by atoms with Gasteiger partial charge in [-0.3, -0.25) is 0 Å². The molecule has 1 atom stereocenters. The molecule has 0 aliphatic heterocycles. The van der Waals surface area contributed by atoms with E-state index in [1.807, 2.05) is 30.3 Å². The lowest BCUT2D eigenvalue weighted by Gasteiger charge is -2.19. The van der Waals surface area contributed by atoms with Crippen LogP contribution in [0.15, 0.2) is 91.5 Å². The van der Waals surface area contributed by atoms with Crippen LogP contribution in [0.4, 0.5) is 4.79 Å². The lowest BCUT2D eigenvalue weighted by molar-refractivity contribution is -0.145.